The Balaban J connectivity index is 0.00000724. The topological polar surface area (TPSA) is 51.6 Å². The summed E-state index contributed by atoms with van der Waals surface area (Å²) < 4.78 is 0. The van der Waals surface area contributed by atoms with Gasteiger partial charge in [-0.15, -0.1) is 29.3 Å². The molecule has 10 aromatic rings. The van der Waals surface area contributed by atoms with Gasteiger partial charge < -0.3 is 0 Å². The molecule has 13 rings (SSSR count). The Hall–Kier alpha value is -7.17. The van der Waals surface area contributed by atoms with E-state index in [9.17, 15) is 0 Å². The summed E-state index contributed by atoms with van der Waals surface area (Å²) in [6.07, 6.45) is 24.2. The summed E-state index contributed by atoms with van der Waals surface area (Å²) >= 11 is 0. The number of aryl methyl sites for hydroxylation is 3. The molecule has 0 bridgehead atoms. The molecule has 0 saturated carbocycles. The first-order valence-corrected chi connectivity index (χ1v) is 32.8. The Morgan fingerprint density at radius 1 is 0.372 bits per heavy atom. The second kappa shape index (κ2) is 26.0. The summed E-state index contributed by atoms with van der Waals surface area (Å²) in [6.45, 7) is 11.5. The van der Waals surface area contributed by atoms with Crippen LogP contribution >= 0.6 is 0 Å². The smallest absolute Gasteiger partial charge is 0.164 e. The van der Waals surface area contributed by atoms with Crippen LogP contribution in [0.4, 0.5) is 0 Å². The Kier molecular flexibility index (Phi) is 17.9. The number of unbranched alkanes of at least 4 members (excludes halogenated alkanes) is 12. The van der Waals surface area contributed by atoms with E-state index in [0.717, 1.165) is 64.5 Å². The summed E-state index contributed by atoms with van der Waals surface area (Å²) in [5, 5.41) is 1.07. The Labute approximate surface area is 526 Å². The van der Waals surface area contributed by atoms with Crippen molar-refractivity contribution in [2.24, 2.45) is 0 Å². The van der Waals surface area contributed by atoms with Crippen LogP contribution in [0.5, 0.6) is 0 Å². The minimum Gasteiger partial charge on any atom is -0.296 e. The average molecular weight is 1300 g/mol. The minimum atomic E-state index is -0.532. The van der Waals surface area contributed by atoms with Gasteiger partial charge in [0.1, 0.15) is 0 Å². The van der Waals surface area contributed by atoms with E-state index in [1.807, 2.05) is 0 Å². The first-order chi connectivity index (χ1) is 41.9. The van der Waals surface area contributed by atoms with Crippen molar-refractivity contribution in [3.63, 3.8) is 0 Å². The summed E-state index contributed by atoms with van der Waals surface area (Å²) in [6, 6.07) is 68.4. The van der Waals surface area contributed by atoms with Gasteiger partial charge in [-0.1, -0.05) is 280 Å². The standard InChI is InChI=1S/C81H83N4.Ir/c1-6-10-14-20-30-56-39-43-63-64-44-40-57(31-21-15-11-7-2)50-73(64)81(72(63)49-56)71-48-55(5)38-42-62(71)65-45-41-60(51-74(65)81)75-54-68(79-84-77(58-32-22-18-23-33-58)83-78(85-79)59-34-24-19-25-35-59)67-52-70-66(53-76(67)82-75)61-36-26-27-37-69(61)80(70,46-28-16-12-8-3)47-29-17-13-9-4;/h18-19,22-27,32-40,42-45,48-54H,6-17,20-21,28-31,46-47H2,1-5H3;/q-1;. The average Bonchev–Trinajstić information content (AvgIpc) is 1.54. The van der Waals surface area contributed by atoms with E-state index in [1.165, 1.54) is 186 Å². The largest absolute Gasteiger partial charge is 0.296 e. The quantitative estimate of drug-likeness (QED) is 0.0447. The molecule has 0 atom stereocenters. The van der Waals surface area contributed by atoms with E-state index >= 15 is 0 Å². The summed E-state index contributed by atoms with van der Waals surface area (Å²) in [4.78, 5) is 22.1. The van der Waals surface area contributed by atoms with Crippen LogP contribution in [0, 0.1) is 13.0 Å². The van der Waals surface area contributed by atoms with E-state index in [0.29, 0.717) is 17.5 Å². The summed E-state index contributed by atoms with van der Waals surface area (Å²) in [5.74, 6) is 1.95. The van der Waals surface area contributed by atoms with Crippen LogP contribution in [0.2, 0.25) is 0 Å². The molecule has 0 saturated heterocycles. The second-order valence-corrected chi connectivity index (χ2v) is 25.1. The SMILES string of the molecule is CCCCCCc1ccc2c(c1)C1(c3cc(-c4cc(-c5nc(-c6ccccc6)nc(-c6ccccc6)n5)c5cc6c(cc5n4)-c4ccccc4C6(CCCCCC)CCCCCC)[c-]cc3-c3ccc(C)cc31)c1cc(CCCCCC)ccc1-2.[Ir]. The van der Waals surface area contributed by atoms with Gasteiger partial charge in [-0.05, 0) is 124 Å². The van der Waals surface area contributed by atoms with Crippen molar-refractivity contribution in [3.05, 3.63) is 226 Å². The van der Waals surface area contributed by atoms with Crippen LogP contribution in [-0.4, -0.2) is 19.9 Å². The maximum Gasteiger partial charge on any atom is 0.164 e. The van der Waals surface area contributed by atoms with Crippen LogP contribution in [0.3, 0.4) is 0 Å². The molecule has 3 aliphatic rings. The van der Waals surface area contributed by atoms with Gasteiger partial charge in [0, 0.05) is 47.6 Å². The molecule has 1 spiro atoms. The third-order valence-corrected chi connectivity index (χ3v) is 19.5. The van der Waals surface area contributed by atoms with E-state index in [2.05, 4.69) is 211 Å². The van der Waals surface area contributed by atoms with Crippen molar-refractivity contribution in [2.75, 3.05) is 0 Å². The third kappa shape index (κ3) is 10.8. The summed E-state index contributed by atoms with van der Waals surface area (Å²) in [5.41, 5.74) is 25.4. The third-order valence-electron chi connectivity index (χ3n) is 19.5. The number of aromatic nitrogens is 4. The number of benzene rings is 8. The molecule has 0 unspecified atom stereocenters. The van der Waals surface area contributed by atoms with Crippen LogP contribution in [0.15, 0.2) is 170 Å². The first-order valence-electron chi connectivity index (χ1n) is 32.8. The van der Waals surface area contributed by atoms with Gasteiger partial charge in [0.25, 0.3) is 0 Å². The number of pyridine rings is 1. The number of nitrogens with zero attached hydrogens (tertiary/aromatic N) is 4. The van der Waals surface area contributed by atoms with Gasteiger partial charge in [-0.3, -0.25) is 4.98 Å². The van der Waals surface area contributed by atoms with Crippen molar-refractivity contribution in [2.45, 2.75) is 174 Å². The van der Waals surface area contributed by atoms with Crippen LogP contribution in [-0.2, 0) is 43.8 Å². The van der Waals surface area contributed by atoms with Gasteiger partial charge >= 0.3 is 0 Å². The zero-order valence-electron chi connectivity index (χ0n) is 51.4. The van der Waals surface area contributed by atoms with Crippen LogP contribution in [0.1, 0.15) is 193 Å². The van der Waals surface area contributed by atoms with Crippen LogP contribution < -0.4 is 0 Å². The predicted octanol–water partition coefficient (Wildman–Crippen LogP) is 22.0. The number of hydrogen-bond donors (Lipinski definition) is 0. The number of rotatable bonds is 24. The fraction of sp³-hybridized carbons (Fsp3) is 0.333. The fourth-order valence-electron chi connectivity index (χ4n) is 15.1. The number of fused-ring (bicyclic) bond motifs is 14. The normalized spacial score (nSPS) is 13.5. The van der Waals surface area contributed by atoms with Crippen molar-refractivity contribution in [1.82, 2.24) is 19.9 Å². The molecule has 437 valence electrons. The zero-order chi connectivity index (χ0) is 57.9. The molecule has 2 heterocycles. The fourth-order valence-corrected chi connectivity index (χ4v) is 15.1. The van der Waals surface area contributed by atoms with Gasteiger partial charge in [-0.2, -0.15) is 0 Å². The Morgan fingerprint density at radius 2 is 0.872 bits per heavy atom. The molecule has 0 amide bonds. The molecule has 1 radical (unpaired) electrons. The van der Waals surface area contributed by atoms with Crippen molar-refractivity contribution >= 4 is 10.9 Å². The molecule has 4 nitrogen and oxygen atoms in total. The van der Waals surface area contributed by atoms with E-state index < -0.39 is 5.41 Å². The van der Waals surface area contributed by atoms with Gasteiger partial charge in [0.15, 0.2) is 17.5 Å². The molecule has 5 heteroatoms. The zero-order valence-corrected chi connectivity index (χ0v) is 53.8. The van der Waals surface area contributed by atoms with Gasteiger partial charge in [-0.25, -0.2) is 15.0 Å². The molecule has 0 aliphatic heterocycles. The molecule has 0 fully saturated rings. The first kappa shape index (κ1) is 59.2. The Morgan fingerprint density at radius 3 is 1.47 bits per heavy atom. The molecule has 2 aromatic heterocycles. The van der Waals surface area contributed by atoms with Gasteiger partial charge in [0.05, 0.1) is 10.9 Å². The monoisotopic (exact) mass is 1300 g/mol. The number of hydrogen-bond acceptors (Lipinski definition) is 4. The van der Waals surface area contributed by atoms with Crippen molar-refractivity contribution in [1.29, 1.82) is 0 Å². The van der Waals surface area contributed by atoms with E-state index in [-0.39, 0.29) is 25.5 Å². The molecular formula is C81H83IrN4-. The molecule has 0 N–H and O–H groups in total. The van der Waals surface area contributed by atoms with Crippen LogP contribution in [0.25, 0.3) is 89.7 Å². The maximum atomic E-state index is 5.88. The maximum absolute atomic E-state index is 5.88. The molecular weight excluding hydrogens is 1220 g/mol. The summed E-state index contributed by atoms with van der Waals surface area (Å²) in [7, 11) is 0. The molecule has 86 heavy (non-hydrogen) atoms. The molecule has 8 aromatic carbocycles. The second-order valence-electron chi connectivity index (χ2n) is 25.1. The predicted molar refractivity (Wildman–Crippen MR) is 356 cm³/mol. The van der Waals surface area contributed by atoms with Crippen molar-refractivity contribution in [3.8, 4) is 78.8 Å². The van der Waals surface area contributed by atoms with Gasteiger partial charge in [0.2, 0.25) is 0 Å². The van der Waals surface area contributed by atoms with Crippen molar-refractivity contribution < 1.29 is 20.1 Å². The molecule has 3 aliphatic carbocycles. The van der Waals surface area contributed by atoms with E-state index in [4.69, 9.17) is 19.9 Å². The van der Waals surface area contributed by atoms with E-state index in [1.54, 1.807) is 0 Å². The Bertz CT molecular complexity index is 3920. The minimum absolute atomic E-state index is 0.